The summed E-state index contributed by atoms with van der Waals surface area (Å²) in [5.74, 6) is 0.147. The second-order valence-corrected chi connectivity index (χ2v) is 9.97. The number of thiocarbonyl (C=S) groups is 1. The molecule has 2 atom stereocenters. The number of pyridine rings is 1. The molecule has 1 amide bonds. The lowest BCUT2D eigenvalue weighted by molar-refractivity contribution is -0.116. The van der Waals surface area contributed by atoms with E-state index in [0.717, 1.165) is 39.6 Å². The number of phenolic OH excluding ortho intramolecular Hbond substituents is 1. The normalized spacial score (nSPS) is 16.9. The molecule has 1 aliphatic heterocycles. The van der Waals surface area contributed by atoms with Crippen molar-refractivity contribution in [3.05, 3.63) is 107 Å². The maximum atomic E-state index is 12.9. The van der Waals surface area contributed by atoms with E-state index in [-0.39, 0.29) is 30.2 Å². The lowest BCUT2D eigenvalue weighted by atomic mass is 9.96. The van der Waals surface area contributed by atoms with Crippen LogP contribution in [0.25, 0.3) is 5.69 Å². The summed E-state index contributed by atoms with van der Waals surface area (Å²) in [6, 6.07) is 22.7. The number of hydrogen-bond acceptors (Lipinski definition) is 4. The van der Waals surface area contributed by atoms with Gasteiger partial charge in [-0.2, -0.15) is 0 Å². The Morgan fingerprint density at radius 3 is 2.53 bits per heavy atom. The van der Waals surface area contributed by atoms with E-state index in [4.69, 9.17) is 12.2 Å². The van der Waals surface area contributed by atoms with Crippen molar-refractivity contribution < 1.29 is 9.90 Å². The van der Waals surface area contributed by atoms with Gasteiger partial charge in [0.1, 0.15) is 5.75 Å². The van der Waals surface area contributed by atoms with Crippen LogP contribution in [0.5, 0.6) is 5.75 Å². The van der Waals surface area contributed by atoms with Crippen LogP contribution in [0.1, 0.15) is 46.7 Å². The van der Waals surface area contributed by atoms with Crippen molar-refractivity contribution in [2.75, 3.05) is 11.9 Å². The zero-order valence-electron chi connectivity index (χ0n) is 21.7. The number of aryl methyl sites for hydroxylation is 2. The molecule has 5 rings (SSSR count). The number of nitrogens with zero attached hydrogens (tertiary/aromatic N) is 3. The van der Waals surface area contributed by atoms with Gasteiger partial charge in [-0.1, -0.05) is 36.4 Å². The van der Waals surface area contributed by atoms with Crippen LogP contribution in [0.4, 0.5) is 5.69 Å². The van der Waals surface area contributed by atoms with Crippen LogP contribution in [0.15, 0.2) is 79.0 Å². The third-order valence-corrected chi connectivity index (χ3v) is 7.46. The van der Waals surface area contributed by atoms with Crippen LogP contribution in [-0.2, 0) is 4.79 Å². The van der Waals surface area contributed by atoms with Crippen LogP contribution in [0.2, 0.25) is 0 Å². The van der Waals surface area contributed by atoms with E-state index in [2.05, 4.69) is 38.1 Å². The molecule has 3 N–H and O–H groups in total. The van der Waals surface area contributed by atoms with Gasteiger partial charge >= 0.3 is 0 Å². The largest absolute Gasteiger partial charge is 0.506 e. The Bertz CT molecular complexity index is 1480. The Morgan fingerprint density at radius 1 is 1.05 bits per heavy atom. The van der Waals surface area contributed by atoms with E-state index in [1.165, 1.54) is 0 Å². The zero-order valence-corrected chi connectivity index (χ0v) is 22.5. The molecule has 1 saturated heterocycles. The summed E-state index contributed by atoms with van der Waals surface area (Å²) in [7, 11) is 0. The molecular formula is C30H31N5O2S. The average Bonchev–Trinajstić information content (AvgIpc) is 3.39. The minimum atomic E-state index is -0.193. The second kappa shape index (κ2) is 10.7. The summed E-state index contributed by atoms with van der Waals surface area (Å²) in [4.78, 5) is 19.6. The fourth-order valence-electron chi connectivity index (χ4n) is 5.24. The highest BCUT2D eigenvalue weighted by Crippen LogP contribution is 2.42. The minimum Gasteiger partial charge on any atom is -0.506 e. The molecule has 4 aromatic rings. The highest BCUT2D eigenvalue weighted by Gasteiger charge is 2.41. The van der Waals surface area contributed by atoms with Gasteiger partial charge in [0.05, 0.1) is 23.5 Å². The van der Waals surface area contributed by atoms with Crippen molar-refractivity contribution in [2.24, 2.45) is 0 Å². The monoisotopic (exact) mass is 525 g/mol. The molecule has 0 saturated carbocycles. The molecule has 0 spiro atoms. The van der Waals surface area contributed by atoms with Gasteiger partial charge in [0.25, 0.3) is 0 Å². The van der Waals surface area contributed by atoms with Crippen molar-refractivity contribution in [3.63, 3.8) is 0 Å². The second-order valence-electron chi connectivity index (χ2n) is 9.58. The molecule has 0 bridgehead atoms. The number of amides is 1. The number of para-hydroxylation sites is 3. The Morgan fingerprint density at radius 2 is 1.79 bits per heavy atom. The maximum Gasteiger partial charge on any atom is 0.226 e. The van der Waals surface area contributed by atoms with Gasteiger partial charge in [0, 0.05) is 36.2 Å². The van der Waals surface area contributed by atoms with E-state index in [9.17, 15) is 9.90 Å². The predicted molar refractivity (Wildman–Crippen MR) is 153 cm³/mol. The Hall–Kier alpha value is -4.17. The fourth-order valence-corrected chi connectivity index (χ4v) is 5.58. The van der Waals surface area contributed by atoms with Crippen molar-refractivity contribution in [1.82, 2.24) is 19.8 Å². The highest BCUT2D eigenvalue weighted by atomic mass is 32.1. The average molecular weight is 526 g/mol. The molecule has 38 heavy (non-hydrogen) atoms. The van der Waals surface area contributed by atoms with E-state index >= 15 is 0 Å². The molecule has 2 aromatic carbocycles. The first-order chi connectivity index (χ1) is 18.3. The van der Waals surface area contributed by atoms with Crippen LogP contribution >= 0.6 is 12.2 Å². The van der Waals surface area contributed by atoms with Gasteiger partial charge in [-0.3, -0.25) is 9.78 Å². The van der Waals surface area contributed by atoms with Gasteiger partial charge in [0.2, 0.25) is 5.91 Å². The maximum absolute atomic E-state index is 12.9. The summed E-state index contributed by atoms with van der Waals surface area (Å²) in [5.41, 5.74) is 6.48. The van der Waals surface area contributed by atoms with E-state index in [1.54, 1.807) is 12.3 Å². The molecular weight excluding hydrogens is 494 g/mol. The number of carbonyl (C=O) groups excluding carboxylic acids is 1. The highest BCUT2D eigenvalue weighted by molar-refractivity contribution is 7.80. The fraction of sp³-hybridized carbons (Fsp3) is 0.233. The molecule has 8 heteroatoms. The summed E-state index contributed by atoms with van der Waals surface area (Å²) >= 11 is 5.80. The SMILES string of the molecule is Cc1ccccc1NC(=O)CCN1C(=S)N[C@@H](c2ccccn2)[C@H]1c1cc(C)n(-c2ccccc2O)c1C. The lowest BCUT2D eigenvalue weighted by Gasteiger charge is -2.28. The molecule has 1 fully saturated rings. The van der Waals surface area contributed by atoms with E-state index in [1.807, 2.05) is 74.5 Å². The topological polar surface area (TPSA) is 82.4 Å². The van der Waals surface area contributed by atoms with Crippen LogP contribution in [0.3, 0.4) is 0 Å². The quantitative estimate of drug-likeness (QED) is 0.276. The van der Waals surface area contributed by atoms with E-state index < -0.39 is 0 Å². The first-order valence-corrected chi connectivity index (χ1v) is 13.1. The van der Waals surface area contributed by atoms with Gasteiger partial charge in [-0.15, -0.1) is 0 Å². The lowest BCUT2D eigenvalue weighted by Crippen LogP contribution is -2.33. The molecule has 0 radical (unpaired) electrons. The Kier molecular flexibility index (Phi) is 7.15. The number of rotatable bonds is 7. The number of phenols is 1. The van der Waals surface area contributed by atoms with Crippen LogP contribution in [-0.4, -0.2) is 37.1 Å². The zero-order chi connectivity index (χ0) is 26.8. The number of nitrogens with one attached hydrogen (secondary N) is 2. The van der Waals surface area contributed by atoms with Crippen molar-refractivity contribution >= 4 is 28.9 Å². The van der Waals surface area contributed by atoms with E-state index in [0.29, 0.717) is 11.7 Å². The van der Waals surface area contributed by atoms with Crippen molar-refractivity contribution in [3.8, 4) is 11.4 Å². The first kappa shape index (κ1) is 25.5. The van der Waals surface area contributed by atoms with Gasteiger partial charge in [-0.05, 0) is 80.5 Å². The number of anilines is 1. The van der Waals surface area contributed by atoms with Crippen LogP contribution in [0, 0.1) is 20.8 Å². The van der Waals surface area contributed by atoms with Gasteiger partial charge < -0.3 is 25.2 Å². The summed E-state index contributed by atoms with van der Waals surface area (Å²) in [6.07, 6.45) is 2.06. The van der Waals surface area contributed by atoms with Gasteiger partial charge in [0.15, 0.2) is 5.11 Å². The molecule has 0 aliphatic carbocycles. The molecule has 0 unspecified atom stereocenters. The summed E-state index contributed by atoms with van der Waals surface area (Å²) in [6.45, 7) is 6.49. The number of aromatic nitrogens is 2. The first-order valence-electron chi connectivity index (χ1n) is 12.7. The van der Waals surface area contributed by atoms with Crippen molar-refractivity contribution in [2.45, 2.75) is 39.3 Å². The summed E-state index contributed by atoms with van der Waals surface area (Å²) < 4.78 is 2.06. The number of aromatic hydroxyl groups is 1. The predicted octanol–water partition coefficient (Wildman–Crippen LogP) is 5.50. The molecule has 3 heterocycles. The summed E-state index contributed by atoms with van der Waals surface area (Å²) in [5, 5.41) is 17.7. The Labute approximate surface area is 228 Å². The smallest absolute Gasteiger partial charge is 0.226 e. The van der Waals surface area contributed by atoms with Crippen LogP contribution < -0.4 is 10.6 Å². The molecule has 1 aliphatic rings. The number of hydrogen-bond donors (Lipinski definition) is 3. The number of carbonyl (C=O) groups is 1. The van der Waals surface area contributed by atoms with Crippen molar-refractivity contribution in [1.29, 1.82) is 0 Å². The van der Waals surface area contributed by atoms with Gasteiger partial charge in [-0.25, -0.2) is 0 Å². The third-order valence-electron chi connectivity index (χ3n) is 7.11. The molecule has 194 valence electrons. The number of benzene rings is 2. The third kappa shape index (κ3) is 4.87. The standard InChI is InChI=1S/C30H31N5O2S/c1-19-10-4-5-11-23(19)32-27(37)15-17-34-29(28(33-30(34)38)24-12-8-9-16-31-24)22-18-20(2)35(21(22)3)25-13-6-7-14-26(25)36/h4-14,16,18,28-29,36H,15,17H2,1-3H3,(H,32,37)(H,33,38)/t28-,29+/m0/s1. The molecule has 7 nitrogen and oxygen atoms in total. The Balaban J connectivity index is 1.48. The molecule has 2 aromatic heterocycles. The minimum absolute atomic E-state index is 0.0678.